The third-order valence-corrected chi connectivity index (χ3v) is 4.71. The van der Waals surface area contributed by atoms with Crippen molar-refractivity contribution in [3.63, 3.8) is 0 Å². The number of benzene rings is 2. The number of carbonyl (C=O) groups excluding carboxylic acids is 1. The molecule has 0 saturated heterocycles. The molecule has 1 amide bonds. The molecule has 0 radical (unpaired) electrons. The number of hydrogen-bond acceptors (Lipinski definition) is 5. The zero-order chi connectivity index (χ0) is 18.7. The lowest BCUT2D eigenvalue weighted by atomic mass is 10.2. The lowest BCUT2D eigenvalue weighted by molar-refractivity contribution is 0.102. The van der Waals surface area contributed by atoms with Crippen molar-refractivity contribution >= 4 is 27.4 Å². The largest absolute Gasteiger partial charge is 0.360 e. The Labute approximate surface area is 148 Å². The van der Waals surface area contributed by atoms with Crippen LogP contribution in [0.3, 0.4) is 0 Å². The van der Waals surface area contributed by atoms with Gasteiger partial charge in [-0.05, 0) is 43.3 Å². The van der Waals surface area contributed by atoms with E-state index in [0.29, 0.717) is 5.76 Å². The Morgan fingerprint density at radius 1 is 1.12 bits per heavy atom. The summed E-state index contributed by atoms with van der Waals surface area (Å²) in [6.07, 6.45) is 0. The highest BCUT2D eigenvalue weighted by molar-refractivity contribution is 7.92. The minimum absolute atomic E-state index is 0.0390. The Bertz CT molecular complexity index is 1060. The van der Waals surface area contributed by atoms with E-state index in [4.69, 9.17) is 4.52 Å². The van der Waals surface area contributed by atoms with Crippen LogP contribution in [-0.4, -0.2) is 19.5 Å². The van der Waals surface area contributed by atoms with Gasteiger partial charge in [0, 0.05) is 17.3 Å². The lowest BCUT2D eigenvalue weighted by Crippen LogP contribution is -2.16. The molecule has 0 aliphatic heterocycles. The van der Waals surface area contributed by atoms with Crippen LogP contribution in [0, 0.1) is 12.7 Å². The quantitative estimate of drug-likeness (QED) is 0.713. The zero-order valence-corrected chi connectivity index (χ0v) is 14.4. The second-order valence-corrected chi connectivity index (χ2v) is 7.10. The monoisotopic (exact) mass is 375 g/mol. The van der Waals surface area contributed by atoms with Gasteiger partial charge in [-0.15, -0.1) is 0 Å². The molecule has 7 nitrogen and oxygen atoms in total. The summed E-state index contributed by atoms with van der Waals surface area (Å²) in [4.78, 5) is 12.2. The molecule has 1 heterocycles. The predicted octanol–water partition coefficient (Wildman–Crippen LogP) is 3.18. The van der Waals surface area contributed by atoms with E-state index in [1.54, 1.807) is 6.92 Å². The standard InChI is InChI=1S/C17H14FN3O4S/c1-11-8-16(20-25-11)21-26(23,24)15-7-2-4-12(9-15)17(22)19-14-6-3-5-13(18)10-14/h2-10H,1H3,(H,19,22)(H,20,21). The van der Waals surface area contributed by atoms with Crippen LogP contribution in [0.1, 0.15) is 16.1 Å². The van der Waals surface area contributed by atoms with Gasteiger partial charge in [0.1, 0.15) is 11.6 Å². The average Bonchev–Trinajstić information content (AvgIpc) is 2.99. The van der Waals surface area contributed by atoms with Crippen molar-refractivity contribution in [2.45, 2.75) is 11.8 Å². The predicted molar refractivity (Wildman–Crippen MR) is 92.8 cm³/mol. The third-order valence-electron chi connectivity index (χ3n) is 3.36. The Kier molecular flexibility index (Phi) is 4.72. The molecule has 2 aromatic carbocycles. The molecule has 0 spiro atoms. The lowest BCUT2D eigenvalue weighted by Gasteiger charge is -2.08. The fraction of sp³-hybridized carbons (Fsp3) is 0.0588. The molecule has 9 heteroatoms. The fourth-order valence-corrected chi connectivity index (χ4v) is 3.21. The molecule has 0 bridgehead atoms. The van der Waals surface area contributed by atoms with Gasteiger partial charge in [0.05, 0.1) is 4.90 Å². The van der Waals surface area contributed by atoms with Crippen LogP contribution in [0.4, 0.5) is 15.9 Å². The van der Waals surface area contributed by atoms with Crippen molar-refractivity contribution in [1.29, 1.82) is 0 Å². The van der Waals surface area contributed by atoms with Crippen LogP contribution in [-0.2, 0) is 10.0 Å². The van der Waals surface area contributed by atoms with Gasteiger partial charge in [0.25, 0.3) is 15.9 Å². The Morgan fingerprint density at radius 2 is 1.88 bits per heavy atom. The van der Waals surface area contributed by atoms with Gasteiger partial charge in [-0.1, -0.05) is 17.3 Å². The molecule has 0 unspecified atom stereocenters. The molecule has 1 aromatic heterocycles. The SMILES string of the molecule is Cc1cc(NS(=O)(=O)c2cccc(C(=O)Nc3cccc(F)c3)c2)no1. The summed E-state index contributed by atoms with van der Waals surface area (Å²) in [5.74, 6) is -0.570. The summed E-state index contributed by atoms with van der Waals surface area (Å²) >= 11 is 0. The number of nitrogens with one attached hydrogen (secondary N) is 2. The highest BCUT2D eigenvalue weighted by atomic mass is 32.2. The van der Waals surface area contributed by atoms with E-state index in [2.05, 4.69) is 15.2 Å². The van der Waals surface area contributed by atoms with Crippen LogP contribution >= 0.6 is 0 Å². The number of carbonyl (C=O) groups is 1. The van der Waals surface area contributed by atoms with Crippen molar-refractivity contribution < 1.29 is 22.1 Å². The summed E-state index contributed by atoms with van der Waals surface area (Å²) in [6, 6.07) is 12.3. The molecule has 134 valence electrons. The molecule has 0 aliphatic carbocycles. The second kappa shape index (κ2) is 6.96. The zero-order valence-electron chi connectivity index (χ0n) is 13.6. The number of amides is 1. The Balaban J connectivity index is 1.82. The van der Waals surface area contributed by atoms with Crippen LogP contribution in [0.2, 0.25) is 0 Å². The van der Waals surface area contributed by atoms with Crippen LogP contribution in [0.5, 0.6) is 0 Å². The summed E-state index contributed by atoms with van der Waals surface area (Å²) in [5.41, 5.74) is 0.368. The van der Waals surface area contributed by atoms with E-state index in [0.717, 1.165) is 6.07 Å². The molecule has 0 saturated carbocycles. The maximum absolute atomic E-state index is 13.2. The van der Waals surface area contributed by atoms with Crippen molar-refractivity contribution in [1.82, 2.24) is 5.16 Å². The first kappa shape index (κ1) is 17.6. The minimum Gasteiger partial charge on any atom is -0.360 e. The van der Waals surface area contributed by atoms with Gasteiger partial charge >= 0.3 is 0 Å². The number of hydrogen-bond donors (Lipinski definition) is 2. The normalized spacial score (nSPS) is 11.2. The maximum Gasteiger partial charge on any atom is 0.263 e. The smallest absolute Gasteiger partial charge is 0.263 e. The average molecular weight is 375 g/mol. The fourth-order valence-electron chi connectivity index (χ4n) is 2.19. The molecular formula is C17H14FN3O4S. The van der Waals surface area contributed by atoms with E-state index in [-0.39, 0.29) is 22.0 Å². The molecule has 3 aromatic rings. The first-order valence-electron chi connectivity index (χ1n) is 7.47. The molecule has 2 N–H and O–H groups in total. The van der Waals surface area contributed by atoms with Crippen molar-refractivity contribution in [3.8, 4) is 0 Å². The number of sulfonamides is 1. The van der Waals surface area contributed by atoms with Gasteiger partial charge < -0.3 is 9.84 Å². The number of nitrogens with zero attached hydrogens (tertiary/aromatic N) is 1. The first-order chi connectivity index (χ1) is 12.3. The molecule has 0 fully saturated rings. The van der Waals surface area contributed by atoms with Crippen LogP contribution in [0.25, 0.3) is 0 Å². The molecular weight excluding hydrogens is 361 g/mol. The topological polar surface area (TPSA) is 101 Å². The van der Waals surface area contributed by atoms with E-state index in [9.17, 15) is 17.6 Å². The van der Waals surface area contributed by atoms with E-state index < -0.39 is 21.7 Å². The van der Waals surface area contributed by atoms with Crippen molar-refractivity contribution in [2.75, 3.05) is 10.0 Å². The molecule has 26 heavy (non-hydrogen) atoms. The Hall–Kier alpha value is -3.20. The summed E-state index contributed by atoms with van der Waals surface area (Å²) in [7, 11) is -3.95. The number of anilines is 2. The van der Waals surface area contributed by atoms with E-state index in [1.807, 2.05) is 0 Å². The Morgan fingerprint density at radius 3 is 2.58 bits per heavy atom. The molecule has 3 rings (SSSR count). The number of aryl methyl sites for hydroxylation is 1. The number of aromatic nitrogens is 1. The first-order valence-corrected chi connectivity index (χ1v) is 8.95. The maximum atomic E-state index is 13.2. The third kappa shape index (κ3) is 4.06. The van der Waals surface area contributed by atoms with Crippen LogP contribution in [0.15, 0.2) is 64.0 Å². The van der Waals surface area contributed by atoms with Crippen molar-refractivity contribution in [3.05, 3.63) is 71.7 Å². The minimum atomic E-state index is -3.95. The highest BCUT2D eigenvalue weighted by Crippen LogP contribution is 2.18. The van der Waals surface area contributed by atoms with Gasteiger partial charge in [-0.2, -0.15) is 0 Å². The van der Waals surface area contributed by atoms with Gasteiger partial charge in [0.2, 0.25) is 0 Å². The van der Waals surface area contributed by atoms with E-state index >= 15 is 0 Å². The van der Waals surface area contributed by atoms with Crippen LogP contribution < -0.4 is 10.0 Å². The summed E-state index contributed by atoms with van der Waals surface area (Å²) in [5, 5.41) is 6.08. The van der Waals surface area contributed by atoms with Crippen molar-refractivity contribution in [2.24, 2.45) is 0 Å². The highest BCUT2D eigenvalue weighted by Gasteiger charge is 2.18. The van der Waals surface area contributed by atoms with Gasteiger partial charge in [0.15, 0.2) is 5.82 Å². The van der Waals surface area contributed by atoms with Gasteiger partial charge in [-0.3, -0.25) is 9.52 Å². The summed E-state index contributed by atoms with van der Waals surface area (Å²) in [6.45, 7) is 1.63. The number of halogens is 1. The van der Waals surface area contributed by atoms with E-state index in [1.165, 1.54) is 48.5 Å². The summed E-state index contributed by atoms with van der Waals surface area (Å²) < 4.78 is 45.1. The van der Waals surface area contributed by atoms with Gasteiger partial charge in [-0.25, -0.2) is 12.8 Å². The second-order valence-electron chi connectivity index (χ2n) is 5.42. The molecule has 0 aliphatic rings. The molecule has 0 atom stereocenters. The number of rotatable bonds is 5.